The van der Waals surface area contributed by atoms with Crippen LogP contribution in [0.2, 0.25) is 0 Å². The quantitative estimate of drug-likeness (QED) is 0.695. The van der Waals surface area contributed by atoms with Crippen LogP contribution in [0.1, 0.15) is 33.1 Å². The molecule has 0 aromatic rings. The van der Waals surface area contributed by atoms with Crippen molar-refractivity contribution >= 4 is 0 Å². The minimum Gasteiger partial charge on any atom is -0.316 e. The monoisotopic (exact) mass is 182 g/mol. The Morgan fingerprint density at radius 3 is 2.38 bits per heavy atom. The van der Waals surface area contributed by atoms with E-state index in [0.29, 0.717) is 11.5 Å². The van der Waals surface area contributed by atoms with Crippen molar-refractivity contribution in [3.8, 4) is 0 Å². The minimum absolute atomic E-state index is 0.454. The standard InChI is InChI=1S/C11H22N2/c1-11(2)8-13(9-4-5-9)7-6-10(11)12-3/h9-10,12H,4-8H2,1-3H3. The molecule has 76 valence electrons. The Balaban J connectivity index is 1.96. The molecule has 0 amide bonds. The number of hydrogen-bond acceptors (Lipinski definition) is 2. The molecule has 0 bridgehead atoms. The fraction of sp³-hybridized carbons (Fsp3) is 1.00. The maximum Gasteiger partial charge on any atom is 0.0140 e. The Morgan fingerprint density at radius 1 is 1.23 bits per heavy atom. The molecule has 1 N–H and O–H groups in total. The van der Waals surface area contributed by atoms with E-state index in [2.05, 4.69) is 31.1 Å². The predicted octanol–water partition coefficient (Wildman–Crippen LogP) is 1.47. The highest BCUT2D eigenvalue weighted by atomic mass is 15.2. The Morgan fingerprint density at radius 2 is 1.92 bits per heavy atom. The summed E-state index contributed by atoms with van der Waals surface area (Å²) in [6.07, 6.45) is 4.21. The molecule has 2 heteroatoms. The van der Waals surface area contributed by atoms with E-state index in [4.69, 9.17) is 0 Å². The fourth-order valence-corrected chi connectivity index (χ4v) is 2.68. The number of hydrogen-bond donors (Lipinski definition) is 1. The molecule has 1 aliphatic heterocycles. The normalized spacial score (nSPS) is 34.8. The van der Waals surface area contributed by atoms with E-state index in [-0.39, 0.29) is 0 Å². The molecule has 0 aromatic carbocycles. The second kappa shape index (κ2) is 3.25. The number of nitrogens with one attached hydrogen (secondary N) is 1. The van der Waals surface area contributed by atoms with Crippen LogP contribution in [0.5, 0.6) is 0 Å². The van der Waals surface area contributed by atoms with Gasteiger partial charge in [-0.2, -0.15) is 0 Å². The van der Waals surface area contributed by atoms with Gasteiger partial charge in [0.25, 0.3) is 0 Å². The number of piperidine rings is 1. The van der Waals surface area contributed by atoms with Crippen molar-refractivity contribution in [1.29, 1.82) is 0 Å². The van der Waals surface area contributed by atoms with Crippen molar-refractivity contribution in [3.63, 3.8) is 0 Å². The Hall–Kier alpha value is -0.0800. The minimum atomic E-state index is 0.454. The zero-order valence-corrected chi connectivity index (χ0v) is 9.14. The molecule has 1 aliphatic carbocycles. The van der Waals surface area contributed by atoms with Crippen molar-refractivity contribution < 1.29 is 0 Å². The van der Waals surface area contributed by atoms with Crippen LogP contribution in [0.3, 0.4) is 0 Å². The van der Waals surface area contributed by atoms with Gasteiger partial charge in [0.1, 0.15) is 0 Å². The first-order valence-corrected chi connectivity index (χ1v) is 5.55. The van der Waals surface area contributed by atoms with Crippen LogP contribution in [0, 0.1) is 5.41 Å². The van der Waals surface area contributed by atoms with Gasteiger partial charge in [-0.1, -0.05) is 13.8 Å². The average Bonchev–Trinajstić information content (AvgIpc) is 2.84. The van der Waals surface area contributed by atoms with Crippen LogP contribution in [-0.4, -0.2) is 37.1 Å². The Bertz CT molecular complexity index is 185. The lowest BCUT2D eigenvalue weighted by molar-refractivity contribution is 0.0760. The van der Waals surface area contributed by atoms with Gasteiger partial charge >= 0.3 is 0 Å². The highest BCUT2D eigenvalue weighted by Gasteiger charge is 2.39. The van der Waals surface area contributed by atoms with E-state index in [1.165, 1.54) is 32.4 Å². The van der Waals surface area contributed by atoms with Crippen LogP contribution >= 0.6 is 0 Å². The van der Waals surface area contributed by atoms with Crippen molar-refractivity contribution in [2.24, 2.45) is 5.41 Å². The molecule has 0 aromatic heterocycles. The van der Waals surface area contributed by atoms with Crippen LogP contribution in [0.15, 0.2) is 0 Å². The molecule has 2 nitrogen and oxygen atoms in total. The van der Waals surface area contributed by atoms with Gasteiger partial charge < -0.3 is 5.32 Å². The predicted molar refractivity (Wildman–Crippen MR) is 55.8 cm³/mol. The molecule has 1 saturated heterocycles. The van der Waals surface area contributed by atoms with E-state index in [1.54, 1.807) is 0 Å². The lowest BCUT2D eigenvalue weighted by atomic mass is 9.79. The summed E-state index contributed by atoms with van der Waals surface area (Å²) in [6.45, 7) is 7.37. The second-order valence-corrected chi connectivity index (χ2v) is 5.32. The van der Waals surface area contributed by atoms with Gasteiger partial charge in [0.2, 0.25) is 0 Å². The molecule has 1 unspecified atom stereocenters. The van der Waals surface area contributed by atoms with Gasteiger partial charge in [0.15, 0.2) is 0 Å². The molecule has 0 radical (unpaired) electrons. The summed E-state index contributed by atoms with van der Waals surface area (Å²) < 4.78 is 0. The summed E-state index contributed by atoms with van der Waals surface area (Å²) in [6, 6.07) is 1.65. The van der Waals surface area contributed by atoms with Crippen LogP contribution in [0.25, 0.3) is 0 Å². The van der Waals surface area contributed by atoms with Gasteiger partial charge in [-0.05, 0) is 38.3 Å². The Kier molecular flexibility index (Phi) is 2.37. The molecule has 2 aliphatic rings. The summed E-state index contributed by atoms with van der Waals surface area (Å²) in [5.74, 6) is 0. The van der Waals surface area contributed by atoms with Crippen molar-refractivity contribution in [1.82, 2.24) is 10.2 Å². The molecule has 1 atom stereocenters. The zero-order chi connectivity index (χ0) is 9.47. The Labute approximate surface area is 81.7 Å². The zero-order valence-electron chi connectivity index (χ0n) is 9.14. The van der Waals surface area contributed by atoms with Gasteiger partial charge in [-0.25, -0.2) is 0 Å². The first-order chi connectivity index (χ1) is 6.13. The van der Waals surface area contributed by atoms with E-state index in [1.807, 2.05) is 0 Å². The van der Waals surface area contributed by atoms with Crippen molar-refractivity contribution in [2.75, 3.05) is 20.1 Å². The third kappa shape index (κ3) is 1.89. The maximum atomic E-state index is 3.45. The van der Waals surface area contributed by atoms with Crippen molar-refractivity contribution in [2.45, 2.75) is 45.2 Å². The summed E-state index contributed by atoms with van der Waals surface area (Å²) in [5, 5.41) is 3.45. The summed E-state index contributed by atoms with van der Waals surface area (Å²) >= 11 is 0. The van der Waals surface area contributed by atoms with Crippen LogP contribution in [-0.2, 0) is 0 Å². The molecule has 2 rings (SSSR count). The lowest BCUT2D eigenvalue weighted by Crippen LogP contribution is -2.53. The highest BCUT2D eigenvalue weighted by Crippen LogP contribution is 2.35. The van der Waals surface area contributed by atoms with E-state index < -0.39 is 0 Å². The average molecular weight is 182 g/mol. The maximum absolute atomic E-state index is 3.45. The van der Waals surface area contributed by atoms with Crippen molar-refractivity contribution in [3.05, 3.63) is 0 Å². The van der Waals surface area contributed by atoms with Crippen LogP contribution in [0.4, 0.5) is 0 Å². The molecule has 1 saturated carbocycles. The lowest BCUT2D eigenvalue weighted by Gasteiger charge is -2.44. The smallest absolute Gasteiger partial charge is 0.0140 e. The van der Waals surface area contributed by atoms with Gasteiger partial charge in [0, 0.05) is 18.6 Å². The topological polar surface area (TPSA) is 15.3 Å². The number of likely N-dealkylation sites (tertiary alicyclic amines) is 1. The molecule has 2 fully saturated rings. The fourth-order valence-electron chi connectivity index (χ4n) is 2.68. The SMILES string of the molecule is CNC1CCN(C2CC2)CC1(C)C. The number of rotatable bonds is 2. The van der Waals surface area contributed by atoms with Gasteiger partial charge in [0.05, 0.1) is 0 Å². The largest absolute Gasteiger partial charge is 0.316 e. The molecule has 1 heterocycles. The van der Waals surface area contributed by atoms with E-state index in [0.717, 1.165) is 6.04 Å². The summed E-state index contributed by atoms with van der Waals surface area (Å²) in [4.78, 5) is 2.69. The summed E-state index contributed by atoms with van der Waals surface area (Å²) in [5.41, 5.74) is 0.454. The first-order valence-electron chi connectivity index (χ1n) is 5.55. The molecular formula is C11H22N2. The van der Waals surface area contributed by atoms with Gasteiger partial charge in [-0.3, -0.25) is 4.90 Å². The highest BCUT2D eigenvalue weighted by molar-refractivity contribution is 4.96. The molecular weight excluding hydrogens is 160 g/mol. The van der Waals surface area contributed by atoms with E-state index >= 15 is 0 Å². The van der Waals surface area contributed by atoms with E-state index in [9.17, 15) is 0 Å². The van der Waals surface area contributed by atoms with Gasteiger partial charge in [-0.15, -0.1) is 0 Å². The first kappa shape index (κ1) is 9.47. The third-order valence-corrected chi connectivity index (χ3v) is 3.67. The number of nitrogens with zero attached hydrogens (tertiary/aromatic N) is 1. The third-order valence-electron chi connectivity index (χ3n) is 3.67. The second-order valence-electron chi connectivity index (χ2n) is 5.32. The molecule has 0 spiro atoms. The molecule has 13 heavy (non-hydrogen) atoms. The van der Waals surface area contributed by atoms with Crippen LogP contribution < -0.4 is 5.32 Å². The summed E-state index contributed by atoms with van der Waals surface area (Å²) in [7, 11) is 2.10.